The van der Waals surface area contributed by atoms with Crippen molar-refractivity contribution in [3.8, 4) is 0 Å². The van der Waals surface area contributed by atoms with Gasteiger partial charge in [-0.05, 0) is 48.3 Å². The van der Waals surface area contributed by atoms with E-state index in [0.717, 1.165) is 25.4 Å². The molecule has 2 saturated carbocycles. The van der Waals surface area contributed by atoms with Crippen LogP contribution in [0.25, 0.3) is 0 Å². The molecule has 5 atom stereocenters. The van der Waals surface area contributed by atoms with Crippen LogP contribution >= 0.6 is 0 Å². The van der Waals surface area contributed by atoms with Gasteiger partial charge in [0.25, 0.3) is 0 Å². The summed E-state index contributed by atoms with van der Waals surface area (Å²) in [6.07, 6.45) is 5.22. The van der Waals surface area contributed by atoms with E-state index in [1.165, 1.54) is 12.8 Å². The van der Waals surface area contributed by atoms with E-state index >= 15 is 0 Å². The Hall–Kier alpha value is -0.570. The number of hydrogen-bond donors (Lipinski definition) is 1. The second-order valence-corrected chi connectivity index (χ2v) is 7.50. The zero-order valence-corrected chi connectivity index (χ0v) is 12.7. The molecule has 0 aromatic heterocycles. The molecular weight excluding hydrogens is 238 g/mol. The van der Waals surface area contributed by atoms with Crippen molar-refractivity contribution in [3.05, 3.63) is 0 Å². The lowest BCUT2D eigenvalue weighted by molar-refractivity contribution is -0.135. The molecule has 1 amide bonds. The van der Waals surface area contributed by atoms with Gasteiger partial charge in [-0.1, -0.05) is 20.8 Å². The minimum atomic E-state index is 0.123. The molecule has 1 N–H and O–H groups in total. The summed E-state index contributed by atoms with van der Waals surface area (Å²) >= 11 is 0. The van der Waals surface area contributed by atoms with E-state index in [4.69, 9.17) is 4.74 Å². The normalized spacial score (nSPS) is 46.9. The molecular formula is C16H27NO2. The van der Waals surface area contributed by atoms with Gasteiger partial charge in [0.1, 0.15) is 0 Å². The molecule has 3 fully saturated rings. The lowest BCUT2D eigenvalue weighted by atomic mass is 9.59. The fraction of sp³-hybridized carbons (Fsp3) is 0.938. The number of hydrogen-bond acceptors (Lipinski definition) is 2. The highest BCUT2D eigenvalue weighted by atomic mass is 16.5. The lowest BCUT2D eigenvalue weighted by Crippen LogP contribution is -2.59. The van der Waals surface area contributed by atoms with Crippen LogP contribution in [0.4, 0.5) is 0 Å². The molecule has 1 spiro atoms. The van der Waals surface area contributed by atoms with Crippen molar-refractivity contribution in [2.75, 3.05) is 6.61 Å². The van der Waals surface area contributed by atoms with E-state index in [1.807, 2.05) is 0 Å². The topological polar surface area (TPSA) is 38.3 Å². The summed E-state index contributed by atoms with van der Waals surface area (Å²) in [5.41, 5.74) is 0.538. The van der Waals surface area contributed by atoms with Crippen LogP contribution in [-0.2, 0) is 9.53 Å². The average Bonchev–Trinajstić information content (AvgIpc) is 2.82. The van der Waals surface area contributed by atoms with Crippen molar-refractivity contribution in [1.82, 2.24) is 5.32 Å². The van der Waals surface area contributed by atoms with Crippen molar-refractivity contribution in [2.24, 2.45) is 22.7 Å². The van der Waals surface area contributed by atoms with Crippen molar-refractivity contribution in [3.63, 3.8) is 0 Å². The van der Waals surface area contributed by atoms with Crippen LogP contribution in [0.5, 0.6) is 0 Å². The number of rotatable bonds is 2. The van der Waals surface area contributed by atoms with Crippen molar-refractivity contribution in [1.29, 1.82) is 0 Å². The van der Waals surface area contributed by atoms with E-state index in [9.17, 15) is 4.79 Å². The maximum Gasteiger partial charge on any atom is 0.217 e. The molecule has 0 aromatic rings. The monoisotopic (exact) mass is 265 g/mol. The summed E-state index contributed by atoms with van der Waals surface area (Å²) in [6, 6.07) is 0.333. The Balaban J connectivity index is 1.96. The molecule has 3 heteroatoms. The minimum Gasteiger partial charge on any atom is -0.378 e. The summed E-state index contributed by atoms with van der Waals surface area (Å²) in [5, 5.41) is 3.30. The Kier molecular flexibility index (Phi) is 2.97. The Labute approximate surface area is 116 Å². The SMILES string of the molecule is CC[C@H]1OCC[C@@]23C[C@@H](C[C@H]12)C(C)(C)[C@@H]3NC(C)=O. The summed E-state index contributed by atoms with van der Waals surface area (Å²) in [4.78, 5) is 11.6. The summed E-state index contributed by atoms with van der Waals surface area (Å²) < 4.78 is 6.00. The first-order chi connectivity index (χ1) is 8.91. The Bertz CT molecular complexity index is 392. The van der Waals surface area contributed by atoms with Gasteiger partial charge in [0.15, 0.2) is 0 Å². The Morgan fingerprint density at radius 1 is 1.42 bits per heavy atom. The summed E-state index contributed by atoms with van der Waals surface area (Å²) in [7, 11) is 0. The average molecular weight is 265 g/mol. The first-order valence-corrected chi connectivity index (χ1v) is 7.80. The second kappa shape index (κ2) is 4.21. The minimum absolute atomic E-state index is 0.123. The van der Waals surface area contributed by atoms with Crippen molar-refractivity contribution in [2.45, 2.75) is 65.5 Å². The van der Waals surface area contributed by atoms with Crippen molar-refractivity contribution >= 4 is 5.91 Å². The van der Waals surface area contributed by atoms with E-state index in [0.29, 0.717) is 23.5 Å². The molecule has 1 heterocycles. The molecule has 1 aliphatic heterocycles. The van der Waals surface area contributed by atoms with Gasteiger partial charge < -0.3 is 10.1 Å². The Morgan fingerprint density at radius 2 is 2.16 bits per heavy atom. The van der Waals surface area contributed by atoms with Crippen molar-refractivity contribution < 1.29 is 9.53 Å². The smallest absolute Gasteiger partial charge is 0.217 e. The number of ether oxygens (including phenoxy) is 1. The van der Waals surface area contributed by atoms with Crippen LogP contribution in [0.15, 0.2) is 0 Å². The fourth-order valence-electron chi connectivity index (χ4n) is 5.52. The zero-order chi connectivity index (χ0) is 13.8. The van der Waals surface area contributed by atoms with Crippen LogP contribution in [0.1, 0.15) is 53.4 Å². The Morgan fingerprint density at radius 3 is 2.79 bits per heavy atom. The quantitative estimate of drug-likeness (QED) is 0.833. The molecule has 3 rings (SSSR count). The molecule has 2 aliphatic carbocycles. The fourth-order valence-corrected chi connectivity index (χ4v) is 5.52. The predicted molar refractivity (Wildman–Crippen MR) is 74.7 cm³/mol. The third kappa shape index (κ3) is 1.70. The number of carbonyl (C=O) groups is 1. The maximum absolute atomic E-state index is 11.6. The van der Waals surface area contributed by atoms with Gasteiger partial charge in [0.05, 0.1) is 6.10 Å². The zero-order valence-electron chi connectivity index (χ0n) is 12.7. The van der Waals surface area contributed by atoms with Crippen LogP contribution in [0.3, 0.4) is 0 Å². The molecule has 0 radical (unpaired) electrons. The lowest BCUT2D eigenvalue weighted by Gasteiger charge is -2.53. The maximum atomic E-state index is 11.6. The predicted octanol–water partition coefficient (Wildman–Crippen LogP) is 2.74. The summed E-state index contributed by atoms with van der Waals surface area (Å²) in [6.45, 7) is 9.45. The third-order valence-electron chi connectivity index (χ3n) is 6.37. The highest BCUT2D eigenvalue weighted by molar-refractivity contribution is 5.73. The molecule has 108 valence electrons. The van der Waals surface area contributed by atoms with Gasteiger partial charge in [-0.25, -0.2) is 0 Å². The van der Waals surface area contributed by atoms with E-state index in [1.54, 1.807) is 6.92 Å². The molecule has 2 bridgehead atoms. The molecule has 3 nitrogen and oxygen atoms in total. The van der Waals surface area contributed by atoms with Crippen LogP contribution < -0.4 is 5.32 Å². The van der Waals surface area contributed by atoms with Gasteiger partial charge >= 0.3 is 0 Å². The molecule has 0 unspecified atom stereocenters. The molecule has 3 aliphatic rings. The van der Waals surface area contributed by atoms with E-state index in [2.05, 4.69) is 26.1 Å². The number of amides is 1. The van der Waals surface area contributed by atoms with Gasteiger partial charge in [0.2, 0.25) is 5.91 Å². The van der Waals surface area contributed by atoms with E-state index in [-0.39, 0.29) is 11.3 Å². The first-order valence-electron chi connectivity index (χ1n) is 7.80. The van der Waals surface area contributed by atoms with Gasteiger partial charge in [-0.2, -0.15) is 0 Å². The number of fused-ring (bicyclic) bond motifs is 1. The highest BCUT2D eigenvalue weighted by Crippen LogP contribution is 2.68. The van der Waals surface area contributed by atoms with Crippen LogP contribution in [-0.4, -0.2) is 24.7 Å². The molecule has 0 aromatic carbocycles. The standard InChI is InChI=1S/C16H27NO2/c1-5-13-12-8-11-9-16(12,6-7-19-13)14(15(11,3)4)17-10(2)18/h11-14H,5-9H2,1-4H3,(H,17,18)/t11-,12-,13-,14+,16-/m1/s1. The van der Waals surface area contributed by atoms with E-state index < -0.39 is 0 Å². The van der Waals surface area contributed by atoms with Gasteiger partial charge in [-0.15, -0.1) is 0 Å². The van der Waals surface area contributed by atoms with Crippen LogP contribution in [0.2, 0.25) is 0 Å². The largest absolute Gasteiger partial charge is 0.378 e. The third-order valence-corrected chi connectivity index (χ3v) is 6.37. The van der Waals surface area contributed by atoms with Gasteiger partial charge in [-0.3, -0.25) is 4.79 Å². The number of nitrogens with one attached hydrogen (secondary N) is 1. The second-order valence-electron chi connectivity index (χ2n) is 7.50. The number of carbonyl (C=O) groups excluding carboxylic acids is 1. The molecule has 19 heavy (non-hydrogen) atoms. The first kappa shape index (κ1) is 13.4. The van der Waals surface area contributed by atoms with Crippen LogP contribution in [0, 0.1) is 22.7 Å². The molecule has 1 saturated heterocycles. The highest BCUT2D eigenvalue weighted by Gasteiger charge is 2.68. The van der Waals surface area contributed by atoms with Gasteiger partial charge in [0, 0.05) is 19.6 Å². The summed E-state index contributed by atoms with van der Waals surface area (Å²) in [5.74, 6) is 1.52.